The van der Waals surface area contributed by atoms with E-state index in [0.717, 1.165) is 25.6 Å². The fourth-order valence-corrected chi connectivity index (χ4v) is 1.38. The molecule has 1 aliphatic rings. The average Bonchev–Trinajstić information content (AvgIpc) is 2.20. The molecule has 1 aliphatic heterocycles. The smallest absolute Gasteiger partial charge is 0.411 e. The summed E-state index contributed by atoms with van der Waals surface area (Å²) in [4.78, 5) is 15.0. The van der Waals surface area contributed by atoms with Crippen molar-refractivity contribution in [1.82, 2.24) is 9.80 Å². The lowest BCUT2D eigenvalue weighted by Crippen LogP contribution is -2.36. The van der Waals surface area contributed by atoms with Crippen LogP contribution in [-0.4, -0.2) is 43.1 Å². The van der Waals surface area contributed by atoms with E-state index in [1.807, 2.05) is 18.9 Å². The summed E-state index contributed by atoms with van der Waals surface area (Å²) in [6.07, 6.45) is 3.72. The van der Waals surface area contributed by atoms with Crippen LogP contribution in [0.3, 0.4) is 0 Å². The molecule has 14 heavy (non-hydrogen) atoms. The largest absolute Gasteiger partial charge is 0.421 e. The molecule has 0 aromatic heterocycles. The molecule has 1 radical (unpaired) electrons. The van der Waals surface area contributed by atoms with Gasteiger partial charge in [-0.2, -0.15) is 0 Å². The monoisotopic (exact) mass is 199 g/mol. The minimum Gasteiger partial charge on any atom is -0.421 e. The third-order valence-corrected chi connectivity index (χ3v) is 2.55. The van der Waals surface area contributed by atoms with Crippen molar-refractivity contribution in [1.29, 1.82) is 0 Å². The van der Waals surface area contributed by atoms with Crippen LogP contribution < -0.4 is 0 Å². The minimum absolute atomic E-state index is 0.253. The number of amides is 1. The molecule has 1 rings (SSSR count). The first-order chi connectivity index (χ1) is 6.65. The normalized spacial score (nSPS) is 19.4. The van der Waals surface area contributed by atoms with Crippen molar-refractivity contribution in [3.05, 3.63) is 6.23 Å². The highest BCUT2D eigenvalue weighted by Crippen LogP contribution is 2.22. The number of hydrogen-bond acceptors (Lipinski definition) is 3. The first-order valence-corrected chi connectivity index (χ1v) is 5.15. The Bertz CT molecular complexity index is 197. The van der Waals surface area contributed by atoms with Gasteiger partial charge in [-0.05, 0) is 26.8 Å². The fourth-order valence-electron chi connectivity index (χ4n) is 1.38. The molecule has 0 N–H and O–H groups in total. The Morgan fingerprint density at radius 3 is 2.86 bits per heavy atom. The molecule has 0 spiro atoms. The van der Waals surface area contributed by atoms with Crippen LogP contribution in [0, 0.1) is 6.23 Å². The molecule has 81 valence electrons. The average molecular weight is 199 g/mol. The number of nitrogens with zero attached hydrogens (tertiary/aromatic N) is 2. The predicted molar refractivity (Wildman–Crippen MR) is 54.5 cm³/mol. The maximum atomic E-state index is 11.4. The molecule has 1 fully saturated rings. The molecule has 0 unspecified atom stereocenters. The highest BCUT2D eigenvalue weighted by molar-refractivity contribution is 5.67. The maximum Gasteiger partial charge on any atom is 0.411 e. The Balaban J connectivity index is 2.38. The van der Waals surface area contributed by atoms with Gasteiger partial charge in [-0.25, -0.2) is 4.79 Å². The van der Waals surface area contributed by atoms with Crippen molar-refractivity contribution in [3.8, 4) is 0 Å². The van der Waals surface area contributed by atoms with E-state index in [-0.39, 0.29) is 6.09 Å². The van der Waals surface area contributed by atoms with Gasteiger partial charge in [-0.3, -0.25) is 4.90 Å². The van der Waals surface area contributed by atoms with Gasteiger partial charge >= 0.3 is 6.09 Å². The fraction of sp³-hybridized carbons (Fsp3) is 0.800. The van der Waals surface area contributed by atoms with Gasteiger partial charge in [0.15, 0.2) is 0 Å². The van der Waals surface area contributed by atoms with E-state index >= 15 is 0 Å². The molecular formula is C10H19N2O2. The van der Waals surface area contributed by atoms with Gasteiger partial charge in [0, 0.05) is 26.6 Å². The highest BCUT2D eigenvalue weighted by atomic mass is 16.6. The summed E-state index contributed by atoms with van der Waals surface area (Å²) in [5.74, 6) is 0. The van der Waals surface area contributed by atoms with E-state index in [1.54, 1.807) is 11.9 Å². The van der Waals surface area contributed by atoms with Crippen LogP contribution in [0.5, 0.6) is 0 Å². The molecule has 0 saturated carbocycles. The van der Waals surface area contributed by atoms with Crippen molar-refractivity contribution in [2.75, 3.05) is 27.2 Å². The highest BCUT2D eigenvalue weighted by Gasteiger charge is 2.25. The third-order valence-electron chi connectivity index (χ3n) is 2.55. The molecule has 0 aromatic carbocycles. The lowest BCUT2D eigenvalue weighted by molar-refractivity contribution is 0.0458. The zero-order valence-electron chi connectivity index (χ0n) is 9.25. The third kappa shape index (κ3) is 2.87. The van der Waals surface area contributed by atoms with E-state index in [1.165, 1.54) is 6.42 Å². The SMILES string of the molecule is CCN(C)C(=O)O[C]1CCCCN1C. The first kappa shape index (κ1) is 11.3. The molecular weight excluding hydrogens is 180 g/mol. The van der Waals surface area contributed by atoms with Crippen LogP contribution in [0.4, 0.5) is 4.79 Å². The van der Waals surface area contributed by atoms with Gasteiger partial charge < -0.3 is 9.64 Å². The van der Waals surface area contributed by atoms with Crippen molar-refractivity contribution in [2.24, 2.45) is 0 Å². The molecule has 0 bridgehead atoms. The zero-order chi connectivity index (χ0) is 10.6. The standard InChI is InChI=1S/C10H19N2O2/c1-4-11(2)10(13)14-9-7-5-6-8-12(9)3/h4-8H2,1-3H3. The van der Waals surface area contributed by atoms with Gasteiger partial charge in [0.05, 0.1) is 0 Å². The Labute approximate surface area is 85.8 Å². The second-order valence-electron chi connectivity index (χ2n) is 3.65. The van der Waals surface area contributed by atoms with Crippen LogP contribution >= 0.6 is 0 Å². The summed E-state index contributed by atoms with van der Waals surface area (Å²) in [5.41, 5.74) is 0. The molecule has 4 nitrogen and oxygen atoms in total. The van der Waals surface area contributed by atoms with Crippen LogP contribution in [0.1, 0.15) is 26.2 Å². The number of piperidine rings is 1. The first-order valence-electron chi connectivity index (χ1n) is 5.15. The summed E-state index contributed by atoms with van der Waals surface area (Å²) in [6, 6.07) is 0. The van der Waals surface area contributed by atoms with Gasteiger partial charge in [0.25, 0.3) is 0 Å². The van der Waals surface area contributed by atoms with Crippen molar-refractivity contribution in [2.45, 2.75) is 26.2 Å². The van der Waals surface area contributed by atoms with Crippen molar-refractivity contribution < 1.29 is 9.53 Å². The second kappa shape index (κ2) is 5.20. The van der Waals surface area contributed by atoms with Gasteiger partial charge in [0.2, 0.25) is 6.23 Å². The number of carbonyl (C=O) groups excluding carboxylic acids is 1. The number of carbonyl (C=O) groups is 1. The minimum atomic E-state index is -0.253. The quantitative estimate of drug-likeness (QED) is 0.678. The zero-order valence-corrected chi connectivity index (χ0v) is 9.25. The van der Waals surface area contributed by atoms with E-state index in [0.29, 0.717) is 6.54 Å². The number of rotatable bonds is 2. The van der Waals surface area contributed by atoms with Crippen LogP contribution in [0.2, 0.25) is 0 Å². The summed E-state index contributed by atoms with van der Waals surface area (Å²) < 4.78 is 5.29. The summed E-state index contributed by atoms with van der Waals surface area (Å²) in [5, 5.41) is 0. The summed E-state index contributed by atoms with van der Waals surface area (Å²) >= 11 is 0. The maximum absolute atomic E-state index is 11.4. The van der Waals surface area contributed by atoms with Gasteiger partial charge in [-0.15, -0.1) is 0 Å². The molecule has 0 atom stereocenters. The second-order valence-corrected chi connectivity index (χ2v) is 3.65. The Morgan fingerprint density at radius 1 is 1.57 bits per heavy atom. The molecule has 1 heterocycles. The van der Waals surface area contributed by atoms with E-state index < -0.39 is 0 Å². The van der Waals surface area contributed by atoms with E-state index in [4.69, 9.17) is 4.74 Å². The number of hydrogen-bond donors (Lipinski definition) is 0. The summed E-state index contributed by atoms with van der Waals surface area (Å²) in [6.45, 7) is 3.59. The van der Waals surface area contributed by atoms with Crippen molar-refractivity contribution in [3.63, 3.8) is 0 Å². The van der Waals surface area contributed by atoms with Crippen LogP contribution in [0.25, 0.3) is 0 Å². The molecule has 0 aliphatic carbocycles. The van der Waals surface area contributed by atoms with Crippen LogP contribution in [0.15, 0.2) is 0 Å². The van der Waals surface area contributed by atoms with Gasteiger partial charge in [-0.1, -0.05) is 0 Å². The van der Waals surface area contributed by atoms with Crippen molar-refractivity contribution >= 4 is 6.09 Å². The van der Waals surface area contributed by atoms with Gasteiger partial charge in [0.1, 0.15) is 0 Å². The van der Waals surface area contributed by atoms with E-state index in [2.05, 4.69) is 0 Å². The van der Waals surface area contributed by atoms with Crippen LogP contribution in [-0.2, 0) is 4.74 Å². The Morgan fingerprint density at radius 2 is 2.29 bits per heavy atom. The lowest BCUT2D eigenvalue weighted by Gasteiger charge is -2.31. The molecule has 1 saturated heterocycles. The Hall–Kier alpha value is -0.770. The van der Waals surface area contributed by atoms with E-state index in [9.17, 15) is 4.79 Å². The molecule has 1 amide bonds. The number of likely N-dealkylation sites (tertiary alicyclic amines) is 1. The topological polar surface area (TPSA) is 32.8 Å². The molecule has 4 heteroatoms. The predicted octanol–water partition coefficient (Wildman–Crippen LogP) is 1.68. The Kier molecular flexibility index (Phi) is 4.20. The summed E-state index contributed by atoms with van der Waals surface area (Å²) in [7, 11) is 3.71. The lowest BCUT2D eigenvalue weighted by atomic mass is 10.1. The molecule has 0 aromatic rings. The number of ether oxygens (including phenoxy) is 1.